The number of hydrogen-bond donors (Lipinski definition) is 1. The number of nitrogens with zero attached hydrogens (tertiary/aromatic N) is 2. The van der Waals surface area contributed by atoms with E-state index in [4.69, 9.17) is 11.6 Å². The van der Waals surface area contributed by atoms with Crippen molar-refractivity contribution in [2.45, 2.75) is 19.8 Å². The number of hydrogen-bond acceptors (Lipinski definition) is 1. The molecule has 4 aromatic rings. The molecule has 0 aliphatic heterocycles. The first-order valence-electron chi connectivity index (χ1n) is 7.38. The van der Waals surface area contributed by atoms with Crippen LogP contribution in [0.3, 0.4) is 0 Å². The van der Waals surface area contributed by atoms with Crippen LogP contribution >= 0.6 is 11.6 Å². The summed E-state index contributed by atoms with van der Waals surface area (Å²) in [6.07, 6.45) is 3.80. The summed E-state index contributed by atoms with van der Waals surface area (Å²) < 4.78 is 1.87. The lowest BCUT2D eigenvalue weighted by atomic mass is 10.1. The quantitative estimate of drug-likeness (QED) is 0.538. The first-order chi connectivity index (χ1) is 10.6. The molecule has 0 unspecified atom stereocenters. The molecule has 0 atom stereocenters. The fraction of sp³-hybridized carbons (Fsp3) is 0.167. The van der Waals surface area contributed by atoms with Gasteiger partial charge < -0.3 is 4.98 Å². The zero-order valence-electron chi connectivity index (χ0n) is 12.5. The van der Waals surface area contributed by atoms with E-state index in [1.807, 2.05) is 22.8 Å². The van der Waals surface area contributed by atoms with Crippen LogP contribution in [-0.4, -0.2) is 14.6 Å². The molecule has 0 bridgehead atoms. The van der Waals surface area contributed by atoms with Crippen molar-refractivity contribution in [3.8, 4) is 11.1 Å². The van der Waals surface area contributed by atoms with Crippen molar-refractivity contribution in [1.29, 1.82) is 0 Å². The minimum atomic E-state index is 0.468. The van der Waals surface area contributed by atoms with Gasteiger partial charge in [-0.1, -0.05) is 31.5 Å². The van der Waals surface area contributed by atoms with E-state index in [2.05, 4.69) is 48.2 Å². The van der Waals surface area contributed by atoms with Crippen LogP contribution in [0.25, 0.3) is 27.5 Å². The van der Waals surface area contributed by atoms with Crippen LogP contribution in [0.15, 0.2) is 48.8 Å². The van der Waals surface area contributed by atoms with Crippen molar-refractivity contribution >= 4 is 28.0 Å². The Morgan fingerprint density at radius 2 is 2.00 bits per heavy atom. The Kier molecular flexibility index (Phi) is 2.98. The molecule has 22 heavy (non-hydrogen) atoms. The van der Waals surface area contributed by atoms with Crippen LogP contribution in [0.2, 0.25) is 5.02 Å². The zero-order chi connectivity index (χ0) is 15.3. The van der Waals surface area contributed by atoms with E-state index in [0.717, 1.165) is 32.6 Å². The topological polar surface area (TPSA) is 33.1 Å². The molecule has 0 aliphatic carbocycles. The van der Waals surface area contributed by atoms with Gasteiger partial charge in [-0.25, -0.2) is 4.52 Å². The molecule has 0 spiro atoms. The highest BCUT2D eigenvalue weighted by molar-refractivity contribution is 6.34. The van der Waals surface area contributed by atoms with Crippen LogP contribution in [0.1, 0.15) is 25.5 Å². The maximum absolute atomic E-state index is 6.51. The van der Waals surface area contributed by atoms with Crippen molar-refractivity contribution < 1.29 is 0 Å². The largest absolute Gasteiger partial charge is 0.358 e. The van der Waals surface area contributed by atoms with Gasteiger partial charge in [0.15, 0.2) is 0 Å². The number of aromatic amines is 1. The molecule has 0 radical (unpaired) electrons. The second-order valence-electron chi connectivity index (χ2n) is 5.92. The summed E-state index contributed by atoms with van der Waals surface area (Å²) >= 11 is 6.51. The van der Waals surface area contributed by atoms with E-state index in [1.54, 1.807) is 6.20 Å². The number of aromatic nitrogens is 3. The normalized spacial score (nSPS) is 11.8. The van der Waals surface area contributed by atoms with E-state index in [1.165, 1.54) is 5.69 Å². The summed E-state index contributed by atoms with van der Waals surface area (Å²) in [6.45, 7) is 4.36. The standard InChI is InChI=1S/C18H16ClN3/c1-11(2)17-8-13-7-16(19)15(9-18(13)21-17)12-3-4-14-5-6-20-22(14)10-12/h3-11,21H,1-2H3. The van der Waals surface area contributed by atoms with Crippen LogP contribution in [0, 0.1) is 0 Å². The third-order valence-electron chi connectivity index (χ3n) is 4.06. The minimum absolute atomic E-state index is 0.468. The molecule has 3 heterocycles. The third-order valence-corrected chi connectivity index (χ3v) is 4.37. The minimum Gasteiger partial charge on any atom is -0.358 e. The van der Waals surface area contributed by atoms with Crippen molar-refractivity contribution in [2.75, 3.05) is 0 Å². The Morgan fingerprint density at radius 3 is 2.82 bits per heavy atom. The third kappa shape index (κ3) is 2.09. The van der Waals surface area contributed by atoms with Gasteiger partial charge in [-0.2, -0.15) is 5.10 Å². The van der Waals surface area contributed by atoms with Crippen molar-refractivity contribution in [3.05, 3.63) is 59.5 Å². The summed E-state index contributed by atoms with van der Waals surface area (Å²) in [5.41, 5.74) is 5.49. The Morgan fingerprint density at radius 1 is 1.14 bits per heavy atom. The van der Waals surface area contributed by atoms with E-state index < -0.39 is 0 Å². The van der Waals surface area contributed by atoms with Gasteiger partial charge in [-0.15, -0.1) is 0 Å². The molecule has 4 rings (SSSR count). The first kappa shape index (κ1) is 13.4. The van der Waals surface area contributed by atoms with E-state index in [9.17, 15) is 0 Å². The summed E-state index contributed by atoms with van der Waals surface area (Å²) in [4.78, 5) is 3.48. The maximum atomic E-state index is 6.51. The monoisotopic (exact) mass is 309 g/mol. The van der Waals surface area contributed by atoms with Gasteiger partial charge >= 0.3 is 0 Å². The molecule has 3 aromatic heterocycles. The van der Waals surface area contributed by atoms with Gasteiger partial charge in [0.25, 0.3) is 0 Å². The molecular weight excluding hydrogens is 294 g/mol. The second-order valence-corrected chi connectivity index (χ2v) is 6.32. The first-order valence-corrected chi connectivity index (χ1v) is 7.75. The molecular formula is C18H16ClN3. The fourth-order valence-electron chi connectivity index (χ4n) is 2.78. The van der Waals surface area contributed by atoms with Crippen molar-refractivity contribution in [3.63, 3.8) is 0 Å². The lowest BCUT2D eigenvalue weighted by molar-refractivity contribution is 0.836. The molecule has 0 aliphatic rings. The number of H-pyrrole nitrogens is 1. The number of rotatable bonds is 2. The molecule has 0 fully saturated rings. The average molecular weight is 310 g/mol. The highest BCUT2D eigenvalue weighted by Crippen LogP contribution is 2.33. The molecule has 0 amide bonds. The Hall–Kier alpha value is -2.26. The predicted octanol–water partition coefficient (Wildman–Crippen LogP) is 5.26. The summed E-state index contributed by atoms with van der Waals surface area (Å²) in [7, 11) is 0. The highest BCUT2D eigenvalue weighted by atomic mass is 35.5. The summed E-state index contributed by atoms with van der Waals surface area (Å²) in [5.74, 6) is 0.468. The predicted molar refractivity (Wildman–Crippen MR) is 91.6 cm³/mol. The van der Waals surface area contributed by atoms with E-state index >= 15 is 0 Å². The second kappa shape index (κ2) is 4.89. The lowest BCUT2D eigenvalue weighted by Gasteiger charge is -2.06. The van der Waals surface area contributed by atoms with Crippen molar-refractivity contribution in [2.24, 2.45) is 0 Å². The van der Waals surface area contributed by atoms with Crippen LogP contribution in [0.4, 0.5) is 0 Å². The SMILES string of the molecule is CC(C)c1cc2cc(Cl)c(-c3ccc4ccnn4c3)cc2[nH]1. The number of halogens is 1. The van der Waals surface area contributed by atoms with E-state index in [0.29, 0.717) is 5.92 Å². The fourth-order valence-corrected chi connectivity index (χ4v) is 3.06. The molecule has 0 saturated carbocycles. The van der Waals surface area contributed by atoms with Gasteiger partial charge in [-0.3, -0.25) is 0 Å². The van der Waals surface area contributed by atoms with Crippen LogP contribution in [0.5, 0.6) is 0 Å². The number of benzene rings is 1. The molecule has 110 valence electrons. The number of nitrogens with one attached hydrogen (secondary N) is 1. The maximum Gasteiger partial charge on any atom is 0.0661 e. The highest BCUT2D eigenvalue weighted by Gasteiger charge is 2.10. The molecule has 1 aromatic carbocycles. The molecule has 3 nitrogen and oxygen atoms in total. The van der Waals surface area contributed by atoms with E-state index in [-0.39, 0.29) is 0 Å². The molecule has 4 heteroatoms. The Bertz CT molecular complexity index is 979. The number of fused-ring (bicyclic) bond motifs is 2. The molecule has 0 saturated heterocycles. The van der Waals surface area contributed by atoms with Crippen molar-refractivity contribution in [1.82, 2.24) is 14.6 Å². The van der Waals surface area contributed by atoms with Gasteiger partial charge in [0, 0.05) is 45.1 Å². The lowest BCUT2D eigenvalue weighted by Crippen LogP contribution is -1.89. The van der Waals surface area contributed by atoms with Crippen LogP contribution in [-0.2, 0) is 0 Å². The molecule has 1 N–H and O–H groups in total. The van der Waals surface area contributed by atoms with Crippen LogP contribution < -0.4 is 0 Å². The Labute approximate surface area is 133 Å². The summed E-state index contributed by atoms with van der Waals surface area (Å²) in [6, 6.07) is 12.4. The average Bonchev–Trinajstić information content (AvgIpc) is 3.11. The number of pyridine rings is 1. The smallest absolute Gasteiger partial charge is 0.0661 e. The Balaban J connectivity index is 1.91. The van der Waals surface area contributed by atoms with Gasteiger partial charge in [0.05, 0.1) is 5.52 Å². The van der Waals surface area contributed by atoms with Gasteiger partial charge in [-0.05, 0) is 36.2 Å². The van der Waals surface area contributed by atoms with Gasteiger partial charge in [0.2, 0.25) is 0 Å². The summed E-state index contributed by atoms with van der Waals surface area (Å²) in [5, 5.41) is 6.20. The van der Waals surface area contributed by atoms with Gasteiger partial charge in [0.1, 0.15) is 0 Å². The zero-order valence-corrected chi connectivity index (χ0v) is 13.2.